The van der Waals surface area contributed by atoms with Crippen LogP contribution in [0.3, 0.4) is 0 Å². The highest BCUT2D eigenvalue weighted by Gasteiger charge is 2.52. The Labute approximate surface area is 209 Å². The van der Waals surface area contributed by atoms with Gasteiger partial charge < -0.3 is 24.1 Å². The fourth-order valence-electron chi connectivity index (χ4n) is 4.44. The lowest BCUT2D eigenvalue weighted by molar-refractivity contribution is -0.149. The van der Waals surface area contributed by atoms with Gasteiger partial charge in [0, 0.05) is 17.9 Å². The average molecular weight is 497 g/mol. The monoisotopic (exact) mass is 496 g/mol. The number of amides is 1. The van der Waals surface area contributed by atoms with Gasteiger partial charge in [-0.3, -0.25) is 9.69 Å². The lowest BCUT2D eigenvalue weighted by Gasteiger charge is -2.38. The smallest absolute Gasteiger partial charge is 0.231 e. The first-order valence-electron chi connectivity index (χ1n) is 11.3. The number of thioether (sulfide) groups is 1. The molecule has 1 saturated heterocycles. The van der Waals surface area contributed by atoms with Gasteiger partial charge in [0.25, 0.3) is 0 Å². The number of carbonyl (C=O) groups excluding carboxylic acids is 1. The Hall–Kier alpha value is -3.35. The number of nitriles is 1. The Morgan fingerprint density at radius 3 is 2.43 bits per heavy atom. The number of hydrogen-bond donors (Lipinski definition) is 1. The minimum atomic E-state index is -1.61. The van der Waals surface area contributed by atoms with Crippen LogP contribution >= 0.6 is 11.8 Å². The molecule has 184 valence electrons. The van der Waals surface area contributed by atoms with Gasteiger partial charge in [0.05, 0.1) is 50.4 Å². The second-order valence-electron chi connectivity index (χ2n) is 8.25. The van der Waals surface area contributed by atoms with E-state index in [0.29, 0.717) is 45.8 Å². The second kappa shape index (κ2) is 10.1. The van der Waals surface area contributed by atoms with Crippen LogP contribution in [0.5, 0.6) is 23.0 Å². The molecule has 1 amide bonds. The van der Waals surface area contributed by atoms with Crippen molar-refractivity contribution in [2.24, 2.45) is 0 Å². The van der Waals surface area contributed by atoms with Crippen LogP contribution < -0.4 is 18.9 Å². The molecular formula is C26H28N2O6S. The third-order valence-corrected chi connectivity index (χ3v) is 7.43. The number of methoxy groups -OCH3 is 3. The van der Waals surface area contributed by atoms with Crippen molar-refractivity contribution in [1.29, 1.82) is 5.26 Å². The van der Waals surface area contributed by atoms with E-state index in [4.69, 9.17) is 18.9 Å². The van der Waals surface area contributed by atoms with Crippen molar-refractivity contribution < 1.29 is 28.8 Å². The van der Waals surface area contributed by atoms with Gasteiger partial charge in [-0.25, -0.2) is 0 Å². The number of rotatable bonds is 8. The highest BCUT2D eigenvalue weighted by molar-refractivity contribution is 8.03. The largest absolute Gasteiger partial charge is 0.493 e. The molecule has 0 unspecified atom stereocenters. The predicted molar refractivity (Wildman–Crippen MR) is 132 cm³/mol. The van der Waals surface area contributed by atoms with E-state index in [0.717, 1.165) is 12.0 Å². The molecule has 0 spiro atoms. The van der Waals surface area contributed by atoms with Gasteiger partial charge >= 0.3 is 0 Å². The third kappa shape index (κ3) is 4.28. The lowest BCUT2D eigenvalue weighted by atomic mass is 9.85. The van der Waals surface area contributed by atoms with Crippen LogP contribution in [0.2, 0.25) is 0 Å². The molecule has 2 atom stereocenters. The molecule has 2 heterocycles. The summed E-state index contributed by atoms with van der Waals surface area (Å²) in [5.41, 5.74) is 0.0974. The summed E-state index contributed by atoms with van der Waals surface area (Å²) in [7, 11) is 4.60. The molecule has 0 bridgehead atoms. The number of hydrogen-bond acceptors (Lipinski definition) is 8. The van der Waals surface area contributed by atoms with Crippen molar-refractivity contribution in [2.45, 2.75) is 31.4 Å². The van der Waals surface area contributed by atoms with Crippen LogP contribution in [-0.2, 0) is 10.5 Å². The molecule has 8 nitrogen and oxygen atoms in total. The quantitative estimate of drug-likeness (QED) is 0.582. The summed E-state index contributed by atoms with van der Waals surface area (Å²) in [6, 6.07) is 12.8. The molecule has 0 aromatic heterocycles. The first-order chi connectivity index (χ1) is 16.9. The standard InChI is InChI=1S/C26H28N2O6S/c1-5-10-34-21-8-6-16(11-22(21)32-3)18-13-24(29)28-25(19(18)14-27)35-15-26(28,30)17-7-9-20(31-2)23(12-17)33-4/h6-9,11-12,18,30H,5,10,13,15H2,1-4H3/t18-,26+/m1/s1. The highest BCUT2D eigenvalue weighted by Crippen LogP contribution is 2.52. The summed E-state index contributed by atoms with van der Waals surface area (Å²) >= 11 is 1.29. The molecule has 2 aliphatic heterocycles. The third-order valence-electron chi connectivity index (χ3n) is 6.21. The van der Waals surface area contributed by atoms with Crippen molar-refractivity contribution in [3.8, 4) is 29.1 Å². The molecule has 0 saturated carbocycles. The van der Waals surface area contributed by atoms with E-state index in [-0.39, 0.29) is 18.1 Å². The van der Waals surface area contributed by atoms with Crippen molar-refractivity contribution in [1.82, 2.24) is 4.90 Å². The minimum Gasteiger partial charge on any atom is -0.493 e. The van der Waals surface area contributed by atoms with Crippen molar-refractivity contribution in [3.05, 3.63) is 58.1 Å². The maximum Gasteiger partial charge on any atom is 0.231 e. The summed E-state index contributed by atoms with van der Waals surface area (Å²) in [6.07, 6.45) is 0.906. The van der Waals surface area contributed by atoms with Gasteiger partial charge in [0.1, 0.15) is 0 Å². The highest BCUT2D eigenvalue weighted by atomic mass is 32.2. The first kappa shape index (κ1) is 24.8. The lowest BCUT2D eigenvalue weighted by Crippen LogP contribution is -2.48. The van der Waals surface area contributed by atoms with E-state index < -0.39 is 11.6 Å². The molecule has 2 aliphatic rings. The Morgan fingerprint density at radius 1 is 1.09 bits per heavy atom. The molecule has 9 heteroatoms. The van der Waals surface area contributed by atoms with E-state index in [1.807, 2.05) is 25.1 Å². The van der Waals surface area contributed by atoms with E-state index in [2.05, 4.69) is 6.07 Å². The van der Waals surface area contributed by atoms with E-state index in [1.54, 1.807) is 25.3 Å². The van der Waals surface area contributed by atoms with Crippen LogP contribution in [0.25, 0.3) is 0 Å². The number of nitrogens with zero attached hydrogens (tertiary/aromatic N) is 2. The maximum absolute atomic E-state index is 13.4. The number of allylic oxidation sites excluding steroid dienone is 1. The molecule has 1 fully saturated rings. The van der Waals surface area contributed by atoms with E-state index in [9.17, 15) is 15.2 Å². The predicted octanol–water partition coefficient (Wildman–Crippen LogP) is 4.14. The molecule has 4 rings (SSSR count). The normalized spacial score (nSPS) is 21.4. The van der Waals surface area contributed by atoms with Crippen molar-refractivity contribution in [3.63, 3.8) is 0 Å². The topological polar surface area (TPSA) is 101 Å². The van der Waals surface area contributed by atoms with Crippen LogP contribution in [0.4, 0.5) is 0 Å². The van der Waals surface area contributed by atoms with Crippen LogP contribution in [-0.4, -0.2) is 49.6 Å². The fraction of sp³-hybridized carbons (Fsp3) is 0.385. The summed E-state index contributed by atoms with van der Waals surface area (Å²) in [6.45, 7) is 2.58. The zero-order valence-corrected chi connectivity index (χ0v) is 21.0. The molecule has 35 heavy (non-hydrogen) atoms. The average Bonchev–Trinajstić information content (AvgIpc) is 3.25. The van der Waals surface area contributed by atoms with Gasteiger partial charge in [-0.1, -0.05) is 19.1 Å². The van der Waals surface area contributed by atoms with Gasteiger partial charge in [0.2, 0.25) is 5.91 Å². The molecule has 0 radical (unpaired) electrons. The number of fused-ring (bicyclic) bond motifs is 1. The Bertz CT molecular complexity index is 1210. The van der Waals surface area contributed by atoms with Crippen molar-refractivity contribution >= 4 is 17.7 Å². The van der Waals surface area contributed by atoms with E-state index >= 15 is 0 Å². The van der Waals surface area contributed by atoms with Gasteiger partial charge in [-0.05, 0) is 36.2 Å². The zero-order valence-electron chi connectivity index (χ0n) is 20.2. The van der Waals surface area contributed by atoms with Crippen LogP contribution in [0.15, 0.2) is 47.0 Å². The Kier molecular flexibility index (Phi) is 7.15. The number of carbonyl (C=O) groups is 1. The first-order valence-corrected chi connectivity index (χ1v) is 12.3. The maximum atomic E-state index is 13.4. The summed E-state index contributed by atoms with van der Waals surface area (Å²) in [5.74, 6) is 1.60. The molecule has 1 N–H and O–H groups in total. The summed E-state index contributed by atoms with van der Waals surface area (Å²) in [5, 5.41) is 22.3. The minimum absolute atomic E-state index is 0.0425. The summed E-state index contributed by atoms with van der Waals surface area (Å²) in [4.78, 5) is 14.8. The zero-order chi connectivity index (χ0) is 25.2. The van der Waals surface area contributed by atoms with Gasteiger partial charge in [-0.2, -0.15) is 5.26 Å². The van der Waals surface area contributed by atoms with E-state index in [1.165, 1.54) is 30.9 Å². The molecular weight excluding hydrogens is 468 g/mol. The SMILES string of the molecule is CCCOc1ccc([C@H]2CC(=O)N3C(=C2C#N)SC[C@]3(O)c2ccc(OC)c(OC)c2)cc1OC. The number of benzene rings is 2. The van der Waals surface area contributed by atoms with Crippen LogP contribution in [0.1, 0.15) is 36.8 Å². The number of ether oxygens (including phenoxy) is 4. The molecule has 0 aliphatic carbocycles. The molecule has 2 aromatic carbocycles. The number of aliphatic hydroxyl groups is 1. The van der Waals surface area contributed by atoms with Gasteiger partial charge in [-0.15, -0.1) is 11.8 Å². The van der Waals surface area contributed by atoms with Crippen LogP contribution in [0, 0.1) is 11.3 Å². The van der Waals surface area contributed by atoms with Gasteiger partial charge in [0.15, 0.2) is 28.7 Å². The fourth-order valence-corrected chi connectivity index (χ4v) is 5.80. The Balaban J connectivity index is 1.74. The summed E-state index contributed by atoms with van der Waals surface area (Å²) < 4.78 is 21.9. The molecule has 2 aromatic rings. The second-order valence-corrected chi connectivity index (χ2v) is 9.21. The van der Waals surface area contributed by atoms with Crippen molar-refractivity contribution in [2.75, 3.05) is 33.7 Å². The Morgan fingerprint density at radius 2 is 1.77 bits per heavy atom.